The van der Waals surface area contributed by atoms with Gasteiger partial charge in [0.25, 0.3) is 0 Å². The van der Waals surface area contributed by atoms with Crippen molar-refractivity contribution in [2.75, 3.05) is 25.0 Å². The van der Waals surface area contributed by atoms with Crippen molar-refractivity contribution < 1.29 is 9.53 Å². The summed E-state index contributed by atoms with van der Waals surface area (Å²) in [5.74, 6) is 0. The van der Waals surface area contributed by atoms with Gasteiger partial charge < -0.3 is 15.0 Å². The lowest BCUT2D eigenvalue weighted by Gasteiger charge is -2.33. The number of carbonyl (C=O) groups is 1. The number of anilines is 1. The summed E-state index contributed by atoms with van der Waals surface area (Å²) >= 11 is 0. The molecule has 0 unspecified atom stereocenters. The van der Waals surface area contributed by atoms with E-state index < -0.39 is 0 Å². The van der Waals surface area contributed by atoms with Crippen LogP contribution < -0.4 is 5.32 Å². The van der Waals surface area contributed by atoms with Gasteiger partial charge in [-0.2, -0.15) is 0 Å². The van der Waals surface area contributed by atoms with Crippen LogP contribution in [-0.4, -0.2) is 47.7 Å². The molecule has 178 valence electrons. The molecule has 1 aliphatic rings. The number of piperidine rings is 1. The molecule has 1 heterocycles. The van der Waals surface area contributed by atoms with Crippen LogP contribution >= 0.6 is 0 Å². The van der Waals surface area contributed by atoms with Crippen molar-refractivity contribution in [1.29, 1.82) is 0 Å². The normalized spacial score (nSPS) is 15.2. The first kappa shape index (κ1) is 23.8. The first-order valence-corrected chi connectivity index (χ1v) is 12.2. The smallest absolute Gasteiger partial charge is 0.409 e. The monoisotopic (exact) mass is 457 g/mol. The molecule has 0 radical (unpaired) electrons. The maximum atomic E-state index is 12.8. The fourth-order valence-electron chi connectivity index (χ4n) is 4.37. The van der Waals surface area contributed by atoms with E-state index in [4.69, 9.17) is 4.74 Å². The Morgan fingerprint density at radius 1 is 0.882 bits per heavy atom. The molecule has 1 saturated heterocycles. The van der Waals surface area contributed by atoms with Gasteiger partial charge in [0.15, 0.2) is 0 Å². The van der Waals surface area contributed by atoms with Crippen LogP contribution in [0.4, 0.5) is 10.5 Å². The number of para-hydroxylation sites is 1. The molecule has 5 heteroatoms. The highest BCUT2D eigenvalue weighted by Gasteiger charge is 2.25. The molecule has 5 nitrogen and oxygen atoms in total. The number of carbonyl (C=O) groups excluding carboxylic acids is 1. The lowest BCUT2D eigenvalue weighted by atomic mass is 10.1. The van der Waals surface area contributed by atoms with Crippen LogP contribution in [0.5, 0.6) is 0 Å². The van der Waals surface area contributed by atoms with E-state index in [0.717, 1.165) is 44.7 Å². The van der Waals surface area contributed by atoms with E-state index in [1.54, 1.807) is 0 Å². The minimum atomic E-state index is -0.204. The maximum Gasteiger partial charge on any atom is 0.409 e. The average Bonchev–Trinajstić information content (AvgIpc) is 2.89. The second-order valence-corrected chi connectivity index (χ2v) is 9.07. The molecule has 0 aliphatic carbocycles. The zero-order chi connectivity index (χ0) is 23.6. The van der Waals surface area contributed by atoms with Crippen LogP contribution in [0.25, 0.3) is 0 Å². The lowest BCUT2D eigenvalue weighted by molar-refractivity contribution is 0.0595. The van der Waals surface area contributed by atoms with E-state index >= 15 is 0 Å². The second kappa shape index (κ2) is 12.2. The summed E-state index contributed by atoms with van der Waals surface area (Å²) in [5.41, 5.74) is 3.64. The molecule has 0 bridgehead atoms. The minimum Gasteiger partial charge on any atom is -0.448 e. The Balaban J connectivity index is 1.27. The highest BCUT2D eigenvalue weighted by molar-refractivity contribution is 5.67. The molecule has 1 fully saturated rings. The van der Waals surface area contributed by atoms with Crippen LogP contribution in [0.2, 0.25) is 0 Å². The fraction of sp³-hybridized carbons (Fsp3) is 0.345. The van der Waals surface area contributed by atoms with E-state index in [1.165, 1.54) is 11.1 Å². The zero-order valence-electron chi connectivity index (χ0n) is 20.0. The largest absolute Gasteiger partial charge is 0.448 e. The fourth-order valence-corrected chi connectivity index (χ4v) is 4.37. The molecule has 1 amide bonds. The van der Waals surface area contributed by atoms with Gasteiger partial charge >= 0.3 is 6.09 Å². The van der Waals surface area contributed by atoms with Gasteiger partial charge in [0.2, 0.25) is 0 Å². The van der Waals surface area contributed by atoms with E-state index in [0.29, 0.717) is 12.6 Å². The number of likely N-dealkylation sites (tertiary alicyclic amines) is 1. The zero-order valence-corrected chi connectivity index (χ0v) is 20.0. The topological polar surface area (TPSA) is 44.8 Å². The predicted octanol–water partition coefficient (Wildman–Crippen LogP) is 5.79. The van der Waals surface area contributed by atoms with E-state index in [-0.39, 0.29) is 12.1 Å². The van der Waals surface area contributed by atoms with Gasteiger partial charge in [-0.15, -0.1) is 0 Å². The minimum absolute atomic E-state index is 0.0987. The Labute approximate surface area is 203 Å². The van der Waals surface area contributed by atoms with Crippen LogP contribution in [0, 0.1) is 0 Å². The molecule has 1 aliphatic heterocycles. The molecule has 3 aromatic carbocycles. The van der Waals surface area contributed by atoms with Crippen LogP contribution in [0.3, 0.4) is 0 Å². The number of nitrogens with one attached hydrogen (secondary N) is 1. The summed E-state index contributed by atoms with van der Waals surface area (Å²) in [4.78, 5) is 17.0. The SMILES string of the molecule is C[C@@H](COC(=O)N1CCC(Nc2ccccc2)CC1)N(Cc1ccccc1)Cc1ccccc1. The van der Waals surface area contributed by atoms with Gasteiger partial charge in [-0.05, 0) is 43.0 Å². The Morgan fingerprint density at radius 3 is 1.91 bits per heavy atom. The van der Waals surface area contributed by atoms with Crippen molar-refractivity contribution in [3.8, 4) is 0 Å². The summed E-state index contributed by atoms with van der Waals surface area (Å²) in [6.45, 7) is 5.57. The molecule has 0 spiro atoms. The van der Waals surface area contributed by atoms with E-state index in [9.17, 15) is 4.79 Å². The number of hydrogen-bond acceptors (Lipinski definition) is 4. The Morgan fingerprint density at radius 2 is 1.38 bits per heavy atom. The second-order valence-electron chi connectivity index (χ2n) is 9.07. The van der Waals surface area contributed by atoms with Crippen LogP contribution in [0.1, 0.15) is 30.9 Å². The number of benzene rings is 3. The van der Waals surface area contributed by atoms with Gasteiger partial charge in [0.05, 0.1) is 0 Å². The van der Waals surface area contributed by atoms with Crippen molar-refractivity contribution in [1.82, 2.24) is 9.80 Å². The molecular weight excluding hydrogens is 422 g/mol. The first-order chi connectivity index (χ1) is 16.7. The standard InChI is InChI=1S/C29H35N3O2/c1-24(32(21-25-11-5-2-6-12-25)22-26-13-7-3-8-14-26)23-34-29(33)31-19-17-28(18-20-31)30-27-15-9-4-10-16-27/h2-16,24,28,30H,17-23H2,1H3/t24-/m0/s1. The summed E-state index contributed by atoms with van der Waals surface area (Å²) in [6, 6.07) is 31.7. The van der Waals surface area contributed by atoms with Gasteiger partial charge in [0, 0.05) is 44.0 Å². The van der Waals surface area contributed by atoms with Crippen molar-refractivity contribution in [3.05, 3.63) is 102 Å². The van der Waals surface area contributed by atoms with Crippen LogP contribution in [0.15, 0.2) is 91.0 Å². The third-order valence-electron chi connectivity index (χ3n) is 6.43. The summed E-state index contributed by atoms with van der Waals surface area (Å²) < 4.78 is 5.78. The number of rotatable bonds is 9. The molecule has 1 atom stereocenters. The van der Waals surface area contributed by atoms with E-state index in [1.807, 2.05) is 35.2 Å². The molecule has 3 aromatic rings. The van der Waals surface area contributed by atoms with Gasteiger partial charge in [-0.3, -0.25) is 4.90 Å². The third-order valence-corrected chi connectivity index (χ3v) is 6.43. The molecule has 34 heavy (non-hydrogen) atoms. The van der Waals surface area contributed by atoms with Crippen molar-refractivity contribution in [3.63, 3.8) is 0 Å². The Hall–Kier alpha value is -3.31. The highest BCUT2D eigenvalue weighted by atomic mass is 16.6. The molecule has 4 rings (SSSR count). The molecule has 0 aromatic heterocycles. The third kappa shape index (κ3) is 7.09. The van der Waals surface area contributed by atoms with Crippen LogP contribution in [-0.2, 0) is 17.8 Å². The summed E-state index contributed by atoms with van der Waals surface area (Å²) in [6.07, 6.45) is 1.64. The van der Waals surface area contributed by atoms with Crippen molar-refractivity contribution in [2.24, 2.45) is 0 Å². The average molecular weight is 458 g/mol. The van der Waals surface area contributed by atoms with Gasteiger partial charge in [0.1, 0.15) is 6.61 Å². The van der Waals surface area contributed by atoms with Gasteiger partial charge in [-0.1, -0.05) is 78.9 Å². The number of amides is 1. The number of hydrogen-bond donors (Lipinski definition) is 1. The number of ether oxygens (including phenoxy) is 1. The van der Waals surface area contributed by atoms with Crippen molar-refractivity contribution >= 4 is 11.8 Å². The lowest BCUT2D eigenvalue weighted by Crippen LogP contribution is -2.44. The highest BCUT2D eigenvalue weighted by Crippen LogP contribution is 2.18. The first-order valence-electron chi connectivity index (χ1n) is 12.2. The van der Waals surface area contributed by atoms with Crippen molar-refractivity contribution in [2.45, 2.75) is 44.9 Å². The Bertz CT molecular complexity index is 948. The van der Waals surface area contributed by atoms with E-state index in [2.05, 4.69) is 77.8 Å². The van der Waals surface area contributed by atoms with Gasteiger partial charge in [-0.25, -0.2) is 4.79 Å². The molecular formula is C29H35N3O2. The Kier molecular flexibility index (Phi) is 8.58. The summed E-state index contributed by atoms with van der Waals surface area (Å²) in [7, 11) is 0. The molecule has 0 saturated carbocycles. The maximum absolute atomic E-state index is 12.8. The number of nitrogens with zero attached hydrogens (tertiary/aromatic N) is 2. The predicted molar refractivity (Wildman–Crippen MR) is 138 cm³/mol. The quantitative estimate of drug-likeness (QED) is 0.442. The molecule has 1 N–H and O–H groups in total. The summed E-state index contributed by atoms with van der Waals surface area (Å²) in [5, 5.41) is 3.57.